The SMILES string of the molecule is Cc1cc(C)c(S(=O)(=O)NCc2ccc(N3CCCCC3)cc2)c(C)c1. The first-order valence-electron chi connectivity index (χ1n) is 9.28. The van der Waals surface area contributed by atoms with Gasteiger partial charge in [0.1, 0.15) is 0 Å². The number of piperidine rings is 1. The molecule has 4 nitrogen and oxygen atoms in total. The number of sulfonamides is 1. The second kappa shape index (κ2) is 7.80. The van der Waals surface area contributed by atoms with Crippen LogP contribution < -0.4 is 9.62 Å². The lowest BCUT2D eigenvalue weighted by atomic mass is 10.1. The van der Waals surface area contributed by atoms with Gasteiger partial charge >= 0.3 is 0 Å². The monoisotopic (exact) mass is 372 g/mol. The Morgan fingerprint density at radius 3 is 2.08 bits per heavy atom. The molecule has 1 aliphatic rings. The molecule has 5 heteroatoms. The van der Waals surface area contributed by atoms with Gasteiger partial charge in [-0.3, -0.25) is 0 Å². The Labute approximate surface area is 157 Å². The zero-order valence-corrected chi connectivity index (χ0v) is 16.7. The molecule has 1 heterocycles. The van der Waals surface area contributed by atoms with Crippen LogP contribution >= 0.6 is 0 Å². The Morgan fingerprint density at radius 1 is 0.923 bits per heavy atom. The molecule has 2 aromatic rings. The number of benzene rings is 2. The van der Waals surface area contributed by atoms with Crippen LogP contribution in [0.15, 0.2) is 41.3 Å². The standard InChI is InChI=1S/C21H28N2O2S/c1-16-13-17(2)21(18(3)14-16)26(24,25)22-15-19-7-9-20(10-8-19)23-11-5-4-6-12-23/h7-10,13-14,22H,4-6,11-12,15H2,1-3H3. The van der Waals surface area contributed by atoms with Gasteiger partial charge in [-0.2, -0.15) is 0 Å². The van der Waals surface area contributed by atoms with E-state index in [1.54, 1.807) is 0 Å². The van der Waals surface area contributed by atoms with Crippen molar-refractivity contribution >= 4 is 15.7 Å². The minimum Gasteiger partial charge on any atom is -0.372 e. The fourth-order valence-corrected chi connectivity index (χ4v) is 5.28. The van der Waals surface area contributed by atoms with Crippen LogP contribution in [0, 0.1) is 20.8 Å². The Morgan fingerprint density at radius 2 is 1.50 bits per heavy atom. The summed E-state index contributed by atoms with van der Waals surface area (Å²) < 4.78 is 28.3. The molecule has 0 saturated carbocycles. The smallest absolute Gasteiger partial charge is 0.241 e. The van der Waals surface area contributed by atoms with Crippen LogP contribution in [0.5, 0.6) is 0 Å². The van der Waals surface area contributed by atoms with Crippen molar-refractivity contribution in [2.75, 3.05) is 18.0 Å². The van der Waals surface area contributed by atoms with Crippen LogP contribution in [0.4, 0.5) is 5.69 Å². The van der Waals surface area contributed by atoms with Crippen LogP contribution in [-0.2, 0) is 16.6 Å². The Bertz CT molecular complexity index is 844. The Kier molecular flexibility index (Phi) is 5.68. The number of rotatable bonds is 5. The van der Waals surface area contributed by atoms with Gasteiger partial charge in [0.05, 0.1) is 4.90 Å². The molecule has 0 radical (unpaired) electrons. The lowest BCUT2D eigenvalue weighted by Crippen LogP contribution is -2.29. The molecule has 0 spiro atoms. The summed E-state index contributed by atoms with van der Waals surface area (Å²) in [6.45, 7) is 8.20. The molecule has 1 N–H and O–H groups in total. The van der Waals surface area contributed by atoms with E-state index in [-0.39, 0.29) is 0 Å². The molecular formula is C21H28N2O2S. The van der Waals surface area contributed by atoms with Gasteiger partial charge in [0.15, 0.2) is 0 Å². The Balaban J connectivity index is 1.70. The molecular weight excluding hydrogens is 344 g/mol. The summed E-state index contributed by atoms with van der Waals surface area (Å²) in [5.41, 5.74) is 4.84. The number of hydrogen-bond donors (Lipinski definition) is 1. The average molecular weight is 373 g/mol. The minimum absolute atomic E-state index is 0.301. The summed E-state index contributed by atoms with van der Waals surface area (Å²) in [6.07, 6.45) is 3.81. The van der Waals surface area contributed by atoms with E-state index in [2.05, 4.69) is 21.8 Å². The predicted molar refractivity (Wildman–Crippen MR) is 107 cm³/mol. The highest BCUT2D eigenvalue weighted by Gasteiger charge is 2.19. The highest BCUT2D eigenvalue weighted by Crippen LogP contribution is 2.23. The lowest BCUT2D eigenvalue weighted by Gasteiger charge is -2.28. The van der Waals surface area contributed by atoms with E-state index >= 15 is 0 Å². The van der Waals surface area contributed by atoms with Crippen LogP contribution in [0.1, 0.15) is 41.5 Å². The number of anilines is 1. The lowest BCUT2D eigenvalue weighted by molar-refractivity contribution is 0.577. The number of nitrogens with zero attached hydrogens (tertiary/aromatic N) is 1. The topological polar surface area (TPSA) is 49.4 Å². The second-order valence-electron chi connectivity index (χ2n) is 7.27. The molecule has 0 amide bonds. The summed E-state index contributed by atoms with van der Waals surface area (Å²) in [7, 11) is -3.53. The third kappa shape index (κ3) is 4.27. The molecule has 3 rings (SSSR count). The average Bonchev–Trinajstić information content (AvgIpc) is 2.60. The van der Waals surface area contributed by atoms with Gasteiger partial charge in [-0.15, -0.1) is 0 Å². The van der Waals surface area contributed by atoms with Crippen molar-refractivity contribution in [3.05, 3.63) is 58.7 Å². The van der Waals surface area contributed by atoms with Crippen molar-refractivity contribution in [1.82, 2.24) is 4.72 Å². The van der Waals surface area contributed by atoms with Crippen molar-refractivity contribution in [3.8, 4) is 0 Å². The van der Waals surface area contributed by atoms with Gasteiger partial charge in [-0.05, 0) is 68.9 Å². The molecule has 1 aliphatic heterocycles. The van der Waals surface area contributed by atoms with Crippen LogP contribution in [0.25, 0.3) is 0 Å². The second-order valence-corrected chi connectivity index (χ2v) is 8.97. The third-order valence-electron chi connectivity index (χ3n) is 5.00. The first kappa shape index (κ1) is 18.9. The van der Waals surface area contributed by atoms with E-state index in [9.17, 15) is 8.42 Å². The van der Waals surface area contributed by atoms with Crippen molar-refractivity contribution in [2.24, 2.45) is 0 Å². The molecule has 140 valence electrons. The van der Waals surface area contributed by atoms with E-state index in [0.29, 0.717) is 11.4 Å². The van der Waals surface area contributed by atoms with Gasteiger partial charge in [0, 0.05) is 25.3 Å². The van der Waals surface area contributed by atoms with Crippen LogP contribution in [0.2, 0.25) is 0 Å². The number of aryl methyl sites for hydroxylation is 3. The molecule has 0 unspecified atom stereocenters. The fraction of sp³-hybridized carbons (Fsp3) is 0.429. The zero-order valence-electron chi connectivity index (χ0n) is 15.9. The number of hydrogen-bond acceptors (Lipinski definition) is 3. The van der Waals surface area contributed by atoms with Gasteiger partial charge < -0.3 is 4.90 Å². The molecule has 2 aromatic carbocycles. The van der Waals surface area contributed by atoms with Gasteiger partial charge in [0.2, 0.25) is 10.0 Å². The molecule has 26 heavy (non-hydrogen) atoms. The number of nitrogens with one attached hydrogen (secondary N) is 1. The molecule has 1 fully saturated rings. The van der Waals surface area contributed by atoms with E-state index in [1.807, 2.05) is 45.0 Å². The first-order valence-corrected chi connectivity index (χ1v) is 10.8. The maximum absolute atomic E-state index is 12.8. The fourth-order valence-electron chi connectivity index (χ4n) is 3.82. The van der Waals surface area contributed by atoms with E-state index in [0.717, 1.165) is 35.3 Å². The largest absolute Gasteiger partial charge is 0.372 e. The molecule has 0 aromatic heterocycles. The highest BCUT2D eigenvalue weighted by atomic mass is 32.2. The minimum atomic E-state index is -3.53. The molecule has 0 atom stereocenters. The van der Waals surface area contributed by atoms with Gasteiger partial charge in [-0.25, -0.2) is 13.1 Å². The van der Waals surface area contributed by atoms with E-state index < -0.39 is 10.0 Å². The summed E-state index contributed by atoms with van der Waals surface area (Å²) in [5, 5.41) is 0. The quantitative estimate of drug-likeness (QED) is 0.860. The summed E-state index contributed by atoms with van der Waals surface area (Å²) in [5.74, 6) is 0. The van der Waals surface area contributed by atoms with Crippen molar-refractivity contribution in [3.63, 3.8) is 0 Å². The third-order valence-corrected chi connectivity index (χ3v) is 6.70. The van der Waals surface area contributed by atoms with E-state index in [1.165, 1.54) is 24.9 Å². The van der Waals surface area contributed by atoms with Gasteiger partial charge in [0.25, 0.3) is 0 Å². The van der Waals surface area contributed by atoms with Crippen molar-refractivity contribution in [1.29, 1.82) is 0 Å². The highest BCUT2D eigenvalue weighted by molar-refractivity contribution is 7.89. The summed E-state index contributed by atoms with van der Waals surface area (Å²) in [4.78, 5) is 2.80. The van der Waals surface area contributed by atoms with Crippen molar-refractivity contribution < 1.29 is 8.42 Å². The van der Waals surface area contributed by atoms with Gasteiger partial charge in [-0.1, -0.05) is 29.8 Å². The summed E-state index contributed by atoms with van der Waals surface area (Å²) >= 11 is 0. The molecule has 0 aliphatic carbocycles. The van der Waals surface area contributed by atoms with E-state index in [4.69, 9.17) is 0 Å². The van der Waals surface area contributed by atoms with Crippen LogP contribution in [0.3, 0.4) is 0 Å². The summed E-state index contributed by atoms with van der Waals surface area (Å²) in [6, 6.07) is 12.0. The predicted octanol–water partition coefficient (Wildman–Crippen LogP) is 4.08. The van der Waals surface area contributed by atoms with Crippen LogP contribution in [-0.4, -0.2) is 21.5 Å². The maximum atomic E-state index is 12.8. The maximum Gasteiger partial charge on any atom is 0.241 e. The molecule has 1 saturated heterocycles. The normalized spacial score (nSPS) is 15.3. The van der Waals surface area contributed by atoms with Crippen molar-refractivity contribution in [2.45, 2.75) is 51.5 Å². The molecule has 0 bridgehead atoms. The zero-order chi connectivity index (χ0) is 18.7. The Hall–Kier alpha value is -1.85. The first-order chi connectivity index (χ1) is 12.4.